The lowest BCUT2D eigenvalue weighted by atomic mass is 9.70. The smallest absolute Gasteiger partial charge is 0.0300 e. The molecule has 1 aliphatic carbocycles. The second-order valence-corrected chi connectivity index (χ2v) is 4.16. The zero-order chi connectivity index (χ0) is 12.2. The fourth-order valence-electron chi connectivity index (χ4n) is 2.61. The summed E-state index contributed by atoms with van der Waals surface area (Å²) < 4.78 is 0. The van der Waals surface area contributed by atoms with Crippen LogP contribution in [0.1, 0.15) is 92.9 Å². The summed E-state index contributed by atoms with van der Waals surface area (Å²) in [5, 5.41) is 0. The molecule has 1 fully saturated rings. The molecule has 0 heterocycles. The molecule has 1 rings (SSSR count). The highest BCUT2D eigenvalue weighted by Crippen LogP contribution is 2.42. The fraction of sp³-hybridized carbons (Fsp3) is 1.00. The van der Waals surface area contributed by atoms with E-state index in [-0.39, 0.29) is 0 Å². The molecule has 1 saturated carbocycles. The molecule has 0 heteroatoms. The van der Waals surface area contributed by atoms with Crippen molar-refractivity contribution in [3.05, 3.63) is 0 Å². The number of hydrogen-bond donors (Lipinski definition) is 0. The highest BCUT2D eigenvalue weighted by Gasteiger charge is 2.28. The van der Waals surface area contributed by atoms with Crippen LogP contribution < -0.4 is 0 Å². The molecule has 0 nitrogen and oxygen atoms in total. The summed E-state index contributed by atoms with van der Waals surface area (Å²) in [6, 6.07) is 0. The molecule has 0 radical (unpaired) electrons. The molecule has 0 aromatic heterocycles. The van der Waals surface area contributed by atoms with E-state index in [1.807, 2.05) is 27.7 Å². The standard InChI is InChI=1S/C11H22.2C2H6/c1-3-8-11(4-2)9-6-5-7-10-11;2*1-2/h3-10H2,1-2H3;2*1-2H3. The second kappa shape index (κ2) is 12.1. The SMILES string of the molecule is CC.CC.CCCC1(CC)CCCCC1. The molecule has 0 atom stereocenters. The van der Waals surface area contributed by atoms with Crippen molar-refractivity contribution in [2.75, 3.05) is 0 Å². The van der Waals surface area contributed by atoms with Gasteiger partial charge in [0.25, 0.3) is 0 Å². The van der Waals surface area contributed by atoms with Gasteiger partial charge in [0.15, 0.2) is 0 Å². The molecule has 94 valence electrons. The van der Waals surface area contributed by atoms with Crippen LogP contribution in [0.4, 0.5) is 0 Å². The van der Waals surface area contributed by atoms with E-state index in [1.54, 1.807) is 0 Å². The molecule has 0 bridgehead atoms. The lowest BCUT2D eigenvalue weighted by Gasteiger charge is -2.36. The maximum absolute atomic E-state index is 2.38. The topological polar surface area (TPSA) is 0 Å². The van der Waals surface area contributed by atoms with Crippen LogP contribution in [-0.4, -0.2) is 0 Å². The minimum absolute atomic E-state index is 0.771. The van der Waals surface area contributed by atoms with Crippen molar-refractivity contribution in [3.63, 3.8) is 0 Å². The Balaban J connectivity index is 0. The molecule has 0 saturated heterocycles. The monoisotopic (exact) mass is 214 g/mol. The first-order valence-electron chi connectivity index (χ1n) is 7.33. The van der Waals surface area contributed by atoms with Gasteiger partial charge in [0.05, 0.1) is 0 Å². The molecule has 0 unspecified atom stereocenters. The number of rotatable bonds is 3. The number of hydrogen-bond acceptors (Lipinski definition) is 0. The molecule has 0 aliphatic heterocycles. The largest absolute Gasteiger partial charge is 0.0683 e. The highest BCUT2D eigenvalue weighted by molar-refractivity contribution is 4.80. The van der Waals surface area contributed by atoms with Crippen molar-refractivity contribution in [1.82, 2.24) is 0 Å². The Morgan fingerprint density at radius 1 is 0.800 bits per heavy atom. The third-order valence-electron chi connectivity index (χ3n) is 3.44. The van der Waals surface area contributed by atoms with Crippen molar-refractivity contribution in [3.8, 4) is 0 Å². The quantitative estimate of drug-likeness (QED) is 0.524. The molecule has 0 aromatic rings. The Kier molecular flexibility index (Phi) is 14.0. The predicted octanol–water partition coefficient (Wildman–Crippen LogP) is 6.20. The summed E-state index contributed by atoms with van der Waals surface area (Å²) in [4.78, 5) is 0. The van der Waals surface area contributed by atoms with Crippen LogP contribution in [0.25, 0.3) is 0 Å². The Labute approximate surface area is 98.9 Å². The molecule has 1 aliphatic rings. The van der Waals surface area contributed by atoms with Gasteiger partial charge in [-0.25, -0.2) is 0 Å². The summed E-state index contributed by atoms with van der Waals surface area (Å²) in [7, 11) is 0. The summed E-state index contributed by atoms with van der Waals surface area (Å²) in [6.45, 7) is 12.7. The Morgan fingerprint density at radius 2 is 1.27 bits per heavy atom. The van der Waals surface area contributed by atoms with Crippen LogP contribution in [0, 0.1) is 5.41 Å². The molecule has 0 N–H and O–H groups in total. The first-order chi connectivity index (χ1) is 7.33. The molecule has 0 amide bonds. The molecule has 0 spiro atoms. The average Bonchev–Trinajstić information content (AvgIpc) is 2.36. The molecule has 15 heavy (non-hydrogen) atoms. The van der Waals surface area contributed by atoms with Crippen LogP contribution in [0.3, 0.4) is 0 Å². The summed E-state index contributed by atoms with van der Waals surface area (Å²) in [5.74, 6) is 0. The minimum Gasteiger partial charge on any atom is -0.0683 e. The zero-order valence-corrected chi connectivity index (χ0v) is 12.2. The van der Waals surface area contributed by atoms with Gasteiger partial charge >= 0.3 is 0 Å². The Bertz CT molecular complexity index is 93.1. The zero-order valence-electron chi connectivity index (χ0n) is 12.2. The Morgan fingerprint density at radius 3 is 1.60 bits per heavy atom. The van der Waals surface area contributed by atoms with Crippen LogP contribution in [0.5, 0.6) is 0 Å². The molecule has 0 aromatic carbocycles. The van der Waals surface area contributed by atoms with E-state index in [0.29, 0.717) is 0 Å². The minimum atomic E-state index is 0.771. The predicted molar refractivity (Wildman–Crippen MR) is 73.4 cm³/mol. The summed E-state index contributed by atoms with van der Waals surface area (Å²) >= 11 is 0. The molecular formula is C15H34. The van der Waals surface area contributed by atoms with Crippen LogP contribution in [0.2, 0.25) is 0 Å². The Hall–Kier alpha value is 0. The van der Waals surface area contributed by atoms with E-state index >= 15 is 0 Å². The van der Waals surface area contributed by atoms with Gasteiger partial charge in [-0.15, -0.1) is 0 Å². The van der Waals surface area contributed by atoms with Gasteiger partial charge < -0.3 is 0 Å². The molecular weight excluding hydrogens is 180 g/mol. The van der Waals surface area contributed by atoms with Crippen LogP contribution in [-0.2, 0) is 0 Å². The first kappa shape index (κ1) is 17.4. The normalized spacial score (nSPS) is 18.0. The maximum atomic E-state index is 2.38. The second-order valence-electron chi connectivity index (χ2n) is 4.16. The van der Waals surface area contributed by atoms with Crippen molar-refractivity contribution < 1.29 is 0 Å². The van der Waals surface area contributed by atoms with Gasteiger partial charge in [0.2, 0.25) is 0 Å². The van der Waals surface area contributed by atoms with Gasteiger partial charge in [-0.05, 0) is 24.7 Å². The third-order valence-corrected chi connectivity index (χ3v) is 3.44. The fourth-order valence-corrected chi connectivity index (χ4v) is 2.61. The maximum Gasteiger partial charge on any atom is -0.0300 e. The van der Waals surface area contributed by atoms with E-state index in [4.69, 9.17) is 0 Å². The van der Waals surface area contributed by atoms with E-state index < -0.39 is 0 Å². The lowest BCUT2D eigenvalue weighted by Crippen LogP contribution is -2.22. The van der Waals surface area contributed by atoms with Gasteiger partial charge in [-0.2, -0.15) is 0 Å². The third kappa shape index (κ3) is 6.98. The first-order valence-corrected chi connectivity index (χ1v) is 7.33. The van der Waals surface area contributed by atoms with E-state index in [0.717, 1.165) is 5.41 Å². The van der Waals surface area contributed by atoms with Crippen molar-refractivity contribution >= 4 is 0 Å². The van der Waals surface area contributed by atoms with Crippen molar-refractivity contribution in [1.29, 1.82) is 0 Å². The van der Waals surface area contributed by atoms with E-state index in [1.165, 1.54) is 51.4 Å². The summed E-state index contributed by atoms with van der Waals surface area (Å²) in [5.41, 5.74) is 0.771. The van der Waals surface area contributed by atoms with Gasteiger partial charge in [-0.3, -0.25) is 0 Å². The lowest BCUT2D eigenvalue weighted by molar-refractivity contribution is 0.163. The van der Waals surface area contributed by atoms with E-state index in [9.17, 15) is 0 Å². The van der Waals surface area contributed by atoms with Crippen molar-refractivity contribution in [2.24, 2.45) is 5.41 Å². The highest BCUT2D eigenvalue weighted by atomic mass is 14.3. The van der Waals surface area contributed by atoms with Crippen molar-refractivity contribution in [2.45, 2.75) is 92.9 Å². The van der Waals surface area contributed by atoms with E-state index in [2.05, 4.69) is 13.8 Å². The summed E-state index contributed by atoms with van der Waals surface area (Å²) in [6.07, 6.45) is 11.8. The van der Waals surface area contributed by atoms with Gasteiger partial charge in [0, 0.05) is 0 Å². The van der Waals surface area contributed by atoms with Gasteiger partial charge in [0.1, 0.15) is 0 Å². The van der Waals surface area contributed by atoms with Crippen LogP contribution >= 0.6 is 0 Å². The van der Waals surface area contributed by atoms with Gasteiger partial charge in [-0.1, -0.05) is 73.6 Å². The average molecular weight is 214 g/mol. The van der Waals surface area contributed by atoms with Crippen LogP contribution in [0.15, 0.2) is 0 Å².